The summed E-state index contributed by atoms with van der Waals surface area (Å²) in [6, 6.07) is 11.6. The highest BCUT2D eigenvalue weighted by Crippen LogP contribution is 2.23. The Morgan fingerprint density at radius 3 is 2.86 bits per heavy atom. The van der Waals surface area contributed by atoms with Crippen LogP contribution < -0.4 is 0 Å². The lowest BCUT2D eigenvalue weighted by atomic mass is 10.2. The minimum Gasteiger partial charge on any atom is -0.459 e. The lowest BCUT2D eigenvalue weighted by Crippen LogP contribution is -2.31. The molecule has 0 unspecified atom stereocenters. The van der Waals surface area contributed by atoms with Gasteiger partial charge in [0.15, 0.2) is 5.76 Å². The van der Waals surface area contributed by atoms with Crippen LogP contribution in [-0.4, -0.2) is 32.5 Å². The molecule has 0 aliphatic heterocycles. The molecule has 7 nitrogen and oxygen atoms in total. The number of aryl methyl sites for hydroxylation is 1. The molecule has 1 aromatic carbocycles. The Hall–Kier alpha value is -3.00. The molecular formula is C21H22N4O3S. The molecule has 0 fully saturated rings. The van der Waals surface area contributed by atoms with Gasteiger partial charge in [0.2, 0.25) is 11.8 Å². The van der Waals surface area contributed by atoms with Gasteiger partial charge in [0.05, 0.1) is 28.0 Å². The number of nitrogens with zero attached hydrogens (tertiary/aromatic N) is 4. The smallest absolute Gasteiger partial charge is 0.283 e. The zero-order valence-corrected chi connectivity index (χ0v) is 17.0. The van der Waals surface area contributed by atoms with Gasteiger partial charge in [-0.05, 0) is 43.5 Å². The van der Waals surface area contributed by atoms with E-state index >= 15 is 0 Å². The van der Waals surface area contributed by atoms with Crippen LogP contribution in [-0.2, 0) is 17.8 Å². The summed E-state index contributed by atoms with van der Waals surface area (Å²) in [4.78, 5) is 19.1. The second-order valence-electron chi connectivity index (χ2n) is 6.72. The first-order valence-corrected chi connectivity index (χ1v) is 10.5. The fraction of sp³-hybridized carbons (Fsp3) is 0.333. The van der Waals surface area contributed by atoms with Crippen LogP contribution in [0.15, 0.2) is 51.5 Å². The fourth-order valence-corrected chi connectivity index (χ4v) is 4.13. The Morgan fingerprint density at radius 1 is 1.17 bits per heavy atom. The molecule has 8 heteroatoms. The topological polar surface area (TPSA) is 85.3 Å². The van der Waals surface area contributed by atoms with E-state index in [9.17, 15) is 4.79 Å². The van der Waals surface area contributed by atoms with E-state index in [1.807, 2.05) is 25.1 Å². The highest BCUT2D eigenvalue weighted by molar-refractivity contribution is 7.18. The molecule has 0 aliphatic carbocycles. The average Bonchev–Trinajstić information content (AvgIpc) is 3.47. The number of fused-ring (bicyclic) bond motifs is 1. The Balaban J connectivity index is 1.33. The van der Waals surface area contributed by atoms with Gasteiger partial charge in [-0.25, -0.2) is 4.98 Å². The average molecular weight is 410 g/mol. The van der Waals surface area contributed by atoms with Crippen molar-refractivity contribution in [1.29, 1.82) is 0 Å². The molecular weight excluding hydrogens is 388 g/mol. The summed E-state index contributed by atoms with van der Waals surface area (Å²) in [5, 5.41) is 9.12. The van der Waals surface area contributed by atoms with Crippen LogP contribution in [0, 0.1) is 0 Å². The van der Waals surface area contributed by atoms with E-state index in [0.717, 1.165) is 29.8 Å². The van der Waals surface area contributed by atoms with E-state index in [4.69, 9.17) is 8.83 Å². The molecule has 3 heterocycles. The van der Waals surface area contributed by atoms with Crippen molar-refractivity contribution in [2.24, 2.45) is 0 Å². The first-order valence-electron chi connectivity index (χ1n) is 9.71. The number of furan rings is 1. The van der Waals surface area contributed by atoms with Crippen LogP contribution in [0.5, 0.6) is 0 Å². The van der Waals surface area contributed by atoms with Crippen molar-refractivity contribution in [1.82, 2.24) is 20.1 Å². The highest BCUT2D eigenvalue weighted by Gasteiger charge is 2.18. The third-order valence-corrected chi connectivity index (χ3v) is 5.59. The molecule has 0 N–H and O–H groups in total. The number of aromatic nitrogens is 3. The number of carbonyl (C=O) groups is 1. The molecule has 0 atom stereocenters. The SMILES string of the molecule is CCCN(Cc1nnc(-c2ccco2)o1)C(=O)CCCc1nc2ccccc2s1. The lowest BCUT2D eigenvalue weighted by molar-refractivity contribution is -0.132. The van der Waals surface area contributed by atoms with Gasteiger partial charge in [-0.2, -0.15) is 0 Å². The van der Waals surface area contributed by atoms with Crippen LogP contribution >= 0.6 is 11.3 Å². The number of benzene rings is 1. The van der Waals surface area contributed by atoms with Crippen molar-refractivity contribution < 1.29 is 13.6 Å². The molecule has 4 aromatic rings. The van der Waals surface area contributed by atoms with Gasteiger partial charge < -0.3 is 13.7 Å². The third-order valence-electron chi connectivity index (χ3n) is 4.49. The van der Waals surface area contributed by atoms with E-state index in [2.05, 4.69) is 21.2 Å². The Labute approximate surface area is 172 Å². The van der Waals surface area contributed by atoms with Crippen molar-refractivity contribution >= 4 is 27.5 Å². The lowest BCUT2D eigenvalue weighted by Gasteiger charge is -2.20. The van der Waals surface area contributed by atoms with Crippen LogP contribution in [0.2, 0.25) is 0 Å². The van der Waals surface area contributed by atoms with Gasteiger partial charge in [0, 0.05) is 13.0 Å². The predicted octanol–water partition coefficient (Wildman–Crippen LogP) is 4.70. The molecule has 1 amide bonds. The maximum absolute atomic E-state index is 12.7. The van der Waals surface area contributed by atoms with Gasteiger partial charge in [0.1, 0.15) is 0 Å². The van der Waals surface area contributed by atoms with Crippen LogP contribution in [0.1, 0.15) is 37.1 Å². The van der Waals surface area contributed by atoms with E-state index < -0.39 is 0 Å². The van der Waals surface area contributed by atoms with Gasteiger partial charge in [-0.3, -0.25) is 4.79 Å². The Morgan fingerprint density at radius 2 is 2.07 bits per heavy atom. The second-order valence-corrected chi connectivity index (χ2v) is 7.84. The van der Waals surface area contributed by atoms with Crippen molar-refractivity contribution in [3.05, 3.63) is 53.6 Å². The largest absolute Gasteiger partial charge is 0.459 e. The summed E-state index contributed by atoms with van der Waals surface area (Å²) >= 11 is 1.69. The number of amides is 1. The normalized spacial score (nSPS) is 11.2. The van der Waals surface area contributed by atoms with E-state index in [0.29, 0.717) is 37.1 Å². The van der Waals surface area contributed by atoms with Gasteiger partial charge >= 0.3 is 0 Å². The molecule has 0 bridgehead atoms. The van der Waals surface area contributed by atoms with Crippen LogP contribution in [0.4, 0.5) is 0 Å². The van der Waals surface area contributed by atoms with Crippen molar-refractivity contribution in [3.8, 4) is 11.7 Å². The summed E-state index contributed by atoms with van der Waals surface area (Å²) in [7, 11) is 0. The summed E-state index contributed by atoms with van der Waals surface area (Å²) in [5.41, 5.74) is 1.02. The van der Waals surface area contributed by atoms with Gasteiger partial charge in [0.25, 0.3) is 5.89 Å². The van der Waals surface area contributed by atoms with Crippen molar-refractivity contribution in [2.75, 3.05) is 6.54 Å². The fourth-order valence-electron chi connectivity index (χ4n) is 3.12. The van der Waals surface area contributed by atoms with Gasteiger partial charge in [-0.15, -0.1) is 21.5 Å². The maximum Gasteiger partial charge on any atom is 0.283 e. The standard InChI is InChI=1S/C21H22N4O3S/c1-2-12-25(14-18-23-24-21(28-18)16-8-6-13-27-16)20(26)11-5-10-19-22-15-7-3-4-9-17(15)29-19/h3-4,6-9,13H,2,5,10-12,14H2,1H3. The predicted molar refractivity (Wildman–Crippen MR) is 110 cm³/mol. The molecule has 0 saturated carbocycles. The summed E-state index contributed by atoms with van der Waals surface area (Å²) in [5.74, 6) is 1.34. The zero-order valence-electron chi connectivity index (χ0n) is 16.2. The first kappa shape index (κ1) is 19.3. The molecule has 0 spiro atoms. The van der Waals surface area contributed by atoms with E-state index in [-0.39, 0.29) is 5.91 Å². The van der Waals surface area contributed by atoms with E-state index in [1.165, 1.54) is 4.70 Å². The molecule has 3 aromatic heterocycles. The molecule has 150 valence electrons. The number of hydrogen-bond acceptors (Lipinski definition) is 7. The molecule has 4 rings (SSSR count). The van der Waals surface area contributed by atoms with E-state index in [1.54, 1.807) is 34.6 Å². The van der Waals surface area contributed by atoms with Crippen molar-refractivity contribution in [2.45, 2.75) is 39.2 Å². The van der Waals surface area contributed by atoms with Crippen molar-refractivity contribution in [3.63, 3.8) is 0 Å². The summed E-state index contributed by atoms with van der Waals surface area (Å²) in [6.07, 6.45) is 4.45. The first-order chi connectivity index (χ1) is 14.2. The summed E-state index contributed by atoms with van der Waals surface area (Å²) in [6.45, 7) is 3.00. The van der Waals surface area contributed by atoms with Crippen LogP contribution in [0.25, 0.3) is 21.9 Å². The third kappa shape index (κ3) is 4.71. The number of rotatable bonds is 9. The zero-order chi connectivity index (χ0) is 20.1. The summed E-state index contributed by atoms with van der Waals surface area (Å²) < 4.78 is 12.1. The quantitative estimate of drug-likeness (QED) is 0.398. The van der Waals surface area contributed by atoms with Crippen LogP contribution in [0.3, 0.4) is 0 Å². The highest BCUT2D eigenvalue weighted by atomic mass is 32.1. The molecule has 0 saturated heterocycles. The molecule has 0 aliphatic rings. The number of para-hydroxylation sites is 1. The minimum atomic E-state index is 0.0886. The Kier molecular flexibility index (Phi) is 6.00. The molecule has 29 heavy (non-hydrogen) atoms. The second kappa shape index (κ2) is 9.00. The number of carbonyl (C=O) groups excluding carboxylic acids is 1. The number of hydrogen-bond donors (Lipinski definition) is 0. The molecule has 0 radical (unpaired) electrons. The monoisotopic (exact) mass is 410 g/mol. The van der Waals surface area contributed by atoms with Gasteiger partial charge in [-0.1, -0.05) is 19.1 Å². The maximum atomic E-state index is 12.7. The Bertz CT molecular complexity index is 1040. The number of thiazole rings is 1. The minimum absolute atomic E-state index is 0.0886.